The fourth-order valence-corrected chi connectivity index (χ4v) is 3.44. The third kappa shape index (κ3) is 3.08. The van der Waals surface area contributed by atoms with E-state index in [-0.39, 0.29) is 11.8 Å². The number of hydrogen-bond acceptors (Lipinski definition) is 2. The SMILES string of the molecule is Cc1ccccc1N1CCN(C(=O)c2cccc(Br)c2)[C@@H](C)C1=O. The molecule has 3 rings (SSSR count). The van der Waals surface area contributed by atoms with Crippen molar-refractivity contribution in [3.05, 3.63) is 64.1 Å². The summed E-state index contributed by atoms with van der Waals surface area (Å²) in [7, 11) is 0. The summed E-state index contributed by atoms with van der Waals surface area (Å²) in [4.78, 5) is 29.0. The van der Waals surface area contributed by atoms with Gasteiger partial charge in [-0.3, -0.25) is 9.59 Å². The van der Waals surface area contributed by atoms with Crippen LogP contribution >= 0.6 is 15.9 Å². The van der Waals surface area contributed by atoms with Gasteiger partial charge in [0, 0.05) is 28.8 Å². The lowest BCUT2D eigenvalue weighted by Crippen LogP contribution is -2.57. The highest BCUT2D eigenvalue weighted by atomic mass is 79.9. The van der Waals surface area contributed by atoms with Gasteiger partial charge in [-0.2, -0.15) is 0 Å². The Kier molecular flexibility index (Phi) is 4.71. The second kappa shape index (κ2) is 6.77. The Morgan fingerprint density at radius 2 is 1.88 bits per heavy atom. The first-order chi connectivity index (χ1) is 11.5. The molecule has 4 nitrogen and oxygen atoms in total. The maximum atomic E-state index is 12.8. The van der Waals surface area contributed by atoms with Gasteiger partial charge in [0.1, 0.15) is 6.04 Å². The Morgan fingerprint density at radius 3 is 2.58 bits per heavy atom. The lowest BCUT2D eigenvalue weighted by molar-refractivity contribution is -0.124. The van der Waals surface area contributed by atoms with Crippen LogP contribution in [-0.4, -0.2) is 35.8 Å². The smallest absolute Gasteiger partial charge is 0.254 e. The van der Waals surface area contributed by atoms with Gasteiger partial charge in [-0.1, -0.05) is 40.2 Å². The first-order valence-electron chi connectivity index (χ1n) is 7.92. The summed E-state index contributed by atoms with van der Waals surface area (Å²) in [5.41, 5.74) is 2.57. The molecule has 1 aliphatic heterocycles. The number of nitrogens with zero attached hydrogens (tertiary/aromatic N) is 2. The molecule has 0 saturated carbocycles. The van der Waals surface area contributed by atoms with Crippen molar-refractivity contribution in [2.75, 3.05) is 18.0 Å². The molecule has 2 aromatic carbocycles. The van der Waals surface area contributed by atoms with E-state index in [0.29, 0.717) is 18.7 Å². The van der Waals surface area contributed by atoms with E-state index in [1.165, 1.54) is 0 Å². The fourth-order valence-electron chi connectivity index (χ4n) is 3.04. The van der Waals surface area contributed by atoms with Crippen LogP contribution in [0.15, 0.2) is 53.0 Å². The molecule has 0 unspecified atom stereocenters. The zero-order valence-corrected chi connectivity index (χ0v) is 15.3. The number of anilines is 1. The van der Waals surface area contributed by atoms with Gasteiger partial charge in [-0.15, -0.1) is 0 Å². The quantitative estimate of drug-likeness (QED) is 0.790. The highest BCUT2D eigenvalue weighted by Gasteiger charge is 2.35. The monoisotopic (exact) mass is 386 g/mol. The van der Waals surface area contributed by atoms with E-state index in [0.717, 1.165) is 15.7 Å². The predicted octanol–water partition coefficient (Wildman–Crippen LogP) is 3.64. The summed E-state index contributed by atoms with van der Waals surface area (Å²) in [6.07, 6.45) is 0. The first kappa shape index (κ1) is 16.7. The van der Waals surface area contributed by atoms with Crippen molar-refractivity contribution in [3.63, 3.8) is 0 Å². The highest BCUT2D eigenvalue weighted by Crippen LogP contribution is 2.25. The van der Waals surface area contributed by atoms with Crippen molar-refractivity contribution in [2.24, 2.45) is 0 Å². The van der Waals surface area contributed by atoms with Crippen LogP contribution in [0.3, 0.4) is 0 Å². The Bertz CT molecular complexity index is 790. The largest absolute Gasteiger partial charge is 0.325 e. The van der Waals surface area contributed by atoms with Crippen LogP contribution in [0.25, 0.3) is 0 Å². The zero-order valence-electron chi connectivity index (χ0n) is 13.7. The lowest BCUT2D eigenvalue weighted by atomic mass is 10.1. The van der Waals surface area contributed by atoms with Crippen molar-refractivity contribution < 1.29 is 9.59 Å². The third-order valence-corrected chi connectivity index (χ3v) is 4.89. The van der Waals surface area contributed by atoms with Crippen LogP contribution < -0.4 is 4.90 Å². The molecule has 5 heteroatoms. The maximum Gasteiger partial charge on any atom is 0.254 e. The van der Waals surface area contributed by atoms with Crippen LogP contribution in [0.1, 0.15) is 22.8 Å². The Hall–Kier alpha value is -2.14. The van der Waals surface area contributed by atoms with Crippen LogP contribution in [0.2, 0.25) is 0 Å². The zero-order chi connectivity index (χ0) is 17.3. The van der Waals surface area contributed by atoms with Gasteiger partial charge in [-0.05, 0) is 43.7 Å². The molecule has 1 saturated heterocycles. The highest BCUT2D eigenvalue weighted by molar-refractivity contribution is 9.10. The molecule has 0 spiro atoms. The normalized spacial score (nSPS) is 18.0. The van der Waals surface area contributed by atoms with E-state index in [1.807, 2.05) is 43.3 Å². The minimum absolute atomic E-state index is 0.0427. The second-order valence-electron chi connectivity index (χ2n) is 5.96. The van der Waals surface area contributed by atoms with Gasteiger partial charge >= 0.3 is 0 Å². The van der Waals surface area contributed by atoms with Crippen LogP contribution in [0.5, 0.6) is 0 Å². The van der Waals surface area contributed by atoms with E-state index in [9.17, 15) is 9.59 Å². The third-order valence-electron chi connectivity index (χ3n) is 4.39. The molecule has 124 valence electrons. The molecule has 1 aliphatic rings. The Morgan fingerprint density at radius 1 is 1.12 bits per heavy atom. The molecule has 0 bridgehead atoms. The maximum absolute atomic E-state index is 12.8. The standard InChI is InChI=1S/C19H19BrN2O2/c1-13-6-3-4-9-17(13)22-11-10-21(14(2)18(22)23)19(24)15-7-5-8-16(20)12-15/h3-9,12,14H,10-11H2,1-2H3/t14-/m0/s1. The predicted molar refractivity (Wildman–Crippen MR) is 98.2 cm³/mol. The molecule has 2 amide bonds. The molecule has 2 aromatic rings. The van der Waals surface area contributed by atoms with Gasteiger partial charge in [0.2, 0.25) is 5.91 Å². The van der Waals surface area contributed by atoms with Gasteiger partial charge in [0.25, 0.3) is 5.91 Å². The molecule has 1 heterocycles. The Balaban J connectivity index is 1.83. The fraction of sp³-hybridized carbons (Fsp3) is 0.263. The van der Waals surface area contributed by atoms with Gasteiger partial charge in [0.15, 0.2) is 0 Å². The van der Waals surface area contributed by atoms with Crippen LogP contribution in [0, 0.1) is 6.92 Å². The number of carbonyl (C=O) groups excluding carboxylic acids is 2. The molecule has 0 N–H and O–H groups in total. The van der Waals surface area contributed by atoms with Crippen LogP contribution in [-0.2, 0) is 4.79 Å². The van der Waals surface area contributed by atoms with Crippen LogP contribution in [0.4, 0.5) is 5.69 Å². The molecule has 0 aliphatic carbocycles. The van der Waals surface area contributed by atoms with E-state index < -0.39 is 6.04 Å². The van der Waals surface area contributed by atoms with Crippen molar-refractivity contribution in [3.8, 4) is 0 Å². The summed E-state index contributed by atoms with van der Waals surface area (Å²) in [5.74, 6) is -0.152. The van der Waals surface area contributed by atoms with E-state index in [1.54, 1.807) is 28.9 Å². The summed E-state index contributed by atoms with van der Waals surface area (Å²) < 4.78 is 0.853. The Labute approximate surface area is 150 Å². The molecule has 0 aromatic heterocycles. The number of halogens is 1. The van der Waals surface area contributed by atoms with Gasteiger partial charge in [-0.25, -0.2) is 0 Å². The molecule has 1 atom stereocenters. The number of carbonyl (C=O) groups is 2. The molecule has 0 radical (unpaired) electrons. The molecular formula is C19H19BrN2O2. The average molecular weight is 387 g/mol. The van der Waals surface area contributed by atoms with E-state index in [4.69, 9.17) is 0 Å². The van der Waals surface area contributed by atoms with Crippen molar-refractivity contribution >= 4 is 33.4 Å². The van der Waals surface area contributed by atoms with Crippen molar-refractivity contribution in [1.29, 1.82) is 0 Å². The van der Waals surface area contributed by atoms with Crippen molar-refractivity contribution in [2.45, 2.75) is 19.9 Å². The lowest BCUT2D eigenvalue weighted by Gasteiger charge is -2.39. The van der Waals surface area contributed by atoms with E-state index >= 15 is 0 Å². The minimum Gasteiger partial charge on any atom is -0.325 e. The summed E-state index contributed by atoms with van der Waals surface area (Å²) in [6, 6.07) is 14.6. The topological polar surface area (TPSA) is 40.6 Å². The number of rotatable bonds is 2. The number of amides is 2. The first-order valence-corrected chi connectivity index (χ1v) is 8.72. The minimum atomic E-state index is -0.482. The number of hydrogen-bond donors (Lipinski definition) is 0. The average Bonchev–Trinajstić information content (AvgIpc) is 2.57. The number of aryl methyl sites for hydroxylation is 1. The molecule has 24 heavy (non-hydrogen) atoms. The summed E-state index contributed by atoms with van der Waals surface area (Å²) in [5, 5.41) is 0. The van der Waals surface area contributed by atoms with E-state index in [2.05, 4.69) is 15.9 Å². The number of para-hydroxylation sites is 1. The van der Waals surface area contributed by atoms with Gasteiger partial charge in [0.05, 0.1) is 0 Å². The van der Waals surface area contributed by atoms with Crippen molar-refractivity contribution in [1.82, 2.24) is 4.90 Å². The molecular weight excluding hydrogens is 368 g/mol. The number of piperazine rings is 1. The van der Waals surface area contributed by atoms with Gasteiger partial charge < -0.3 is 9.80 Å². The number of benzene rings is 2. The summed E-state index contributed by atoms with van der Waals surface area (Å²) >= 11 is 3.38. The molecule has 1 fully saturated rings. The summed E-state index contributed by atoms with van der Waals surface area (Å²) in [6.45, 7) is 4.81. The second-order valence-corrected chi connectivity index (χ2v) is 6.88.